The van der Waals surface area contributed by atoms with Gasteiger partial charge >= 0.3 is 12.0 Å². The second-order valence-electron chi connectivity index (χ2n) is 4.31. The number of benzene rings is 1. The van der Waals surface area contributed by atoms with Gasteiger partial charge in [0.1, 0.15) is 0 Å². The van der Waals surface area contributed by atoms with E-state index in [0.717, 1.165) is 18.6 Å². The van der Waals surface area contributed by atoms with E-state index in [1.54, 1.807) is 37.0 Å². The lowest BCUT2D eigenvalue weighted by Gasteiger charge is -2.19. The first-order chi connectivity index (χ1) is 9.57. The Hall–Kier alpha value is -1.69. The third-order valence-electron chi connectivity index (χ3n) is 2.85. The Morgan fingerprint density at radius 1 is 1.30 bits per heavy atom. The largest absolute Gasteiger partial charge is 0.478 e. The quantitative estimate of drug-likeness (QED) is 0.759. The molecule has 6 heteroatoms. The molecule has 0 fully saturated rings. The van der Waals surface area contributed by atoms with Gasteiger partial charge in [-0.2, -0.15) is 11.8 Å². The van der Waals surface area contributed by atoms with Gasteiger partial charge in [0.2, 0.25) is 0 Å². The minimum Gasteiger partial charge on any atom is -0.478 e. The number of hydrogen-bond donors (Lipinski definition) is 2. The molecular weight excluding hydrogens is 276 g/mol. The summed E-state index contributed by atoms with van der Waals surface area (Å²) in [6.07, 6.45) is 4.02. The maximum absolute atomic E-state index is 12.0. The molecule has 0 aliphatic rings. The molecule has 0 saturated heterocycles. The summed E-state index contributed by atoms with van der Waals surface area (Å²) in [4.78, 5) is 24.4. The highest BCUT2D eigenvalue weighted by Gasteiger charge is 2.17. The van der Waals surface area contributed by atoms with Gasteiger partial charge in [-0.25, -0.2) is 9.59 Å². The number of nitrogens with one attached hydrogen (secondary N) is 1. The van der Waals surface area contributed by atoms with Crippen LogP contribution in [0.15, 0.2) is 24.3 Å². The maximum atomic E-state index is 12.0. The van der Waals surface area contributed by atoms with E-state index in [9.17, 15) is 9.59 Å². The molecular formula is C14H20N2O3S. The molecule has 0 aromatic heterocycles. The van der Waals surface area contributed by atoms with Crippen molar-refractivity contribution in [2.75, 3.05) is 30.5 Å². The number of para-hydroxylation sites is 1. The third-order valence-corrected chi connectivity index (χ3v) is 3.55. The maximum Gasteiger partial charge on any atom is 0.337 e. The van der Waals surface area contributed by atoms with Crippen LogP contribution in [0.5, 0.6) is 0 Å². The first-order valence-corrected chi connectivity index (χ1v) is 7.80. The summed E-state index contributed by atoms with van der Waals surface area (Å²) < 4.78 is 0. The molecule has 0 heterocycles. The number of aromatic carboxylic acids is 1. The first-order valence-electron chi connectivity index (χ1n) is 6.40. The molecule has 0 aliphatic carbocycles. The van der Waals surface area contributed by atoms with E-state index in [1.165, 1.54) is 11.0 Å². The zero-order valence-corrected chi connectivity index (χ0v) is 12.6. The SMILES string of the molecule is CSCCCCNC(=O)N(C)c1ccccc1C(=O)O. The number of anilines is 1. The zero-order chi connectivity index (χ0) is 15.0. The summed E-state index contributed by atoms with van der Waals surface area (Å²) in [5.74, 6) is 0.0355. The van der Waals surface area contributed by atoms with Crippen molar-refractivity contribution in [3.05, 3.63) is 29.8 Å². The average Bonchev–Trinajstić information content (AvgIpc) is 2.46. The number of carboxylic acids is 1. The van der Waals surface area contributed by atoms with Crippen molar-refractivity contribution >= 4 is 29.4 Å². The van der Waals surface area contributed by atoms with Gasteiger partial charge in [-0.3, -0.25) is 4.90 Å². The lowest BCUT2D eigenvalue weighted by atomic mass is 10.1. The summed E-state index contributed by atoms with van der Waals surface area (Å²) in [5, 5.41) is 11.9. The average molecular weight is 296 g/mol. The highest BCUT2D eigenvalue weighted by Crippen LogP contribution is 2.19. The number of carbonyl (C=O) groups is 2. The van der Waals surface area contributed by atoms with Crippen molar-refractivity contribution in [3.8, 4) is 0 Å². The van der Waals surface area contributed by atoms with Gasteiger partial charge in [-0.15, -0.1) is 0 Å². The van der Waals surface area contributed by atoms with Crippen molar-refractivity contribution < 1.29 is 14.7 Å². The normalized spacial score (nSPS) is 10.1. The standard InChI is InChI=1S/C14H20N2O3S/c1-16(14(19)15-9-5-6-10-20-2)12-8-4-3-7-11(12)13(17)18/h3-4,7-8H,5-6,9-10H2,1-2H3,(H,15,19)(H,17,18). The van der Waals surface area contributed by atoms with Crippen LogP contribution < -0.4 is 10.2 Å². The Morgan fingerprint density at radius 2 is 2.00 bits per heavy atom. The van der Waals surface area contributed by atoms with Crippen LogP contribution in [0.4, 0.5) is 10.5 Å². The molecule has 0 radical (unpaired) electrons. The Balaban J connectivity index is 2.59. The van der Waals surface area contributed by atoms with E-state index >= 15 is 0 Å². The molecule has 20 heavy (non-hydrogen) atoms. The lowest BCUT2D eigenvalue weighted by Crippen LogP contribution is -2.38. The number of thioether (sulfide) groups is 1. The van der Waals surface area contributed by atoms with Crippen LogP contribution in [0, 0.1) is 0 Å². The Kier molecular flexibility index (Phi) is 6.93. The fourth-order valence-corrected chi connectivity index (χ4v) is 2.23. The van der Waals surface area contributed by atoms with E-state index < -0.39 is 5.97 Å². The number of rotatable bonds is 7. The topological polar surface area (TPSA) is 69.6 Å². The molecule has 0 spiro atoms. The molecule has 0 saturated carbocycles. The Labute approximate surface area is 123 Å². The summed E-state index contributed by atoms with van der Waals surface area (Å²) in [7, 11) is 1.57. The van der Waals surface area contributed by atoms with Crippen molar-refractivity contribution in [1.82, 2.24) is 5.32 Å². The minimum atomic E-state index is -1.04. The van der Waals surface area contributed by atoms with Gasteiger partial charge in [0.15, 0.2) is 0 Å². The number of carboxylic acid groups (broad SMARTS) is 1. The molecule has 5 nitrogen and oxygen atoms in total. The summed E-state index contributed by atoms with van der Waals surface area (Å²) in [5.41, 5.74) is 0.508. The zero-order valence-electron chi connectivity index (χ0n) is 11.8. The van der Waals surface area contributed by atoms with Gasteiger partial charge in [0.25, 0.3) is 0 Å². The summed E-state index contributed by atoms with van der Waals surface area (Å²) >= 11 is 1.78. The molecule has 0 unspecified atom stereocenters. The van der Waals surface area contributed by atoms with Gasteiger partial charge in [0, 0.05) is 13.6 Å². The van der Waals surface area contributed by atoms with Crippen molar-refractivity contribution in [1.29, 1.82) is 0 Å². The smallest absolute Gasteiger partial charge is 0.337 e. The number of nitrogens with zero attached hydrogens (tertiary/aromatic N) is 1. The number of hydrogen-bond acceptors (Lipinski definition) is 3. The second kappa shape index (κ2) is 8.47. The van der Waals surface area contributed by atoms with Gasteiger partial charge in [-0.1, -0.05) is 12.1 Å². The lowest BCUT2D eigenvalue weighted by molar-refractivity contribution is 0.0697. The van der Waals surface area contributed by atoms with Crippen LogP contribution in [0.2, 0.25) is 0 Å². The molecule has 2 N–H and O–H groups in total. The monoisotopic (exact) mass is 296 g/mol. The van der Waals surface area contributed by atoms with Crippen molar-refractivity contribution in [2.24, 2.45) is 0 Å². The van der Waals surface area contributed by atoms with Crippen LogP contribution in [-0.4, -0.2) is 42.7 Å². The summed E-state index contributed by atoms with van der Waals surface area (Å²) in [6.45, 7) is 0.596. The number of amides is 2. The number of urea groups is 1. The summed E-state index contributed by atoms with van der Waals surface area (Å²) in [6, 6.07) is 6.17. The van der Waals surface area contributed by atoms with E-state index in [1.807, 2.05) is 0 Å². The van der Waals surface area contributed by atoms with Crippen LogP contribution in [0.3, 0.4) is 0 Å². The van der Waals surface area contributed by atoms with Crippen molar-refractivity contribution in [2.45, 2.75) is 12.8 Å². The highest BCUT2D eigenvalue weighted by molar-refractivity contribution is 7.98. The Morgan fingerprint density at radius 3 is 2.65 bits per heavy atom. The molecule has 1 rings (SSSR count). The van der Waals surface area contributed by atoms with E-state index in [-0.39, 0.29) is 11.6 Å². The number of unbranched alkanes of at least 4 members (excludes halogenated alkanes) is 1. The highest BCUT2D eigenvalue weighted by atomic mass is 32.2. The number of carbonyl (C=O) groups excluding carboxylic acids is 1. The van der Waals surface area contributed by atoms with Crippen LogP contribution in [0.1, 0.15) is 23.2 Å². The molecule has 1 aromatic carbocycles. The fraction of sp³-hybridized carbons (Fsp3) is 0.429. The minimum absolute atomic E-state index is 0.118. The van der Waals surface area contributed by atoms with Gasteiger partial charge < -0.3 is 10.4 Å². The second-order valence-corrected chi connectivity index (χ2v) is 5.30. The van der Waals surface area contributed by atoms with Crippen LogP contribution in [-0.2, 0) is 0 Å². The molecule has 0 aliphatic heterocycles. The molecule has 110 valence electrons. The van der Waals surface area contributed by atoms with Gasteiger partial charge in [0.05, 0.1) is 11.3 Å². The van der Waals surface area contributed by atoms with E-state index in [4.69, 9.17) is 5.11 Å². The van der Waals surface area contributed by atoms with Crippen LogP contribution in [0.25, 0.3) is 0 Å². The molecule has 0 bridgehead atoms. The molecule has 1 aromatic rings. The Bertz CT molecular complexity index is 465. The predicted octanol–water partition coefficient (Wildman–Crippen LogP) is 2.67. The van der Waals surface area contributed by atoms with Gasteiger partial charge in [-0.05, 0) is 37.0 Å². The first kappa shape index (κ1) is 16.4. The fourth-order valence-electron chi connectivity index (χ4n) is 1.74. The van der Waals surface area contributed by atoms with E-state index in [0.29, 0.717) is 12.2 Å². The van der Waals surface area contributed by atoms with Crippen LogP contribution >= 0.6 is 11.8 Å². The third kappa shape index (κ3) is 4.77. The molecule has 0 atom stereocenters. The molecule has 2 amide bonds. The van der Waals surface area contributed by atoms with E-state index in [2.05, 4.69) is 11.6 Å². The predicted molar refractivity (Wildman–Crippen MR) is 82.8 cm³/mol. The van der Waals surface area contributed by atoms with Crippen molar-refractivity contribution in [3.63, 3.8) is 0 Å².